The third-order valence-electron chi connectivity index (χ3n) is 5.05. The highest BCUT2D eigenvalue weighted by Crippen LogP contribution is 2.22. The number of oxazole rings is 1. The molecule has 1 unspecified atom stereocenters. The molecule has 0 bridgehead atoms. The number of nitrogens with zero attached hydrogens (tertiary/aromatic N) is 3. The SMILES string of the molecule is CN=C(NCc1ncc(-c2ccc(C)cc2)o1)NC1CC(=O)N(c2ccccc2)C1. The normalized spacial score (nSPS) is 16.7. The van der Waals surface area contributed by atoms with Gasteiger partial charge in [0.05, 0.1) is 18.8 Å². The molecule has 3 aromatic rings. The molecule has 154 valence electrons. The van der Waals surface area contributed by atoms with Crippen LogP contribution in [0, 0.1) is 6.92 Å². The lowest BCUT2D eigenvalue weighted by molar-refractivity contribution is -0.117. The molecular formula is C23H25N5O2. The minimum atomic E-state index is -0.0171. The number of carbonyl (C=O) groups excluding carboxylic acids is 1. The highest BCUT2D eigenvalue weighted by atomic mass is 16.4. The molecule has 2 heterocycles. The van der Waals surface area contributed by atoms with Crippen molar-refractivity contribution in [2.75, 3.05) is 18.5 Å². The number of para-hydroxylation sites is 1. The molecule has 30 heavy (non-hydrogen) atoms. The van der Waals surface area contributed by atoms with Crippen molar-refractivity contribution in [1.82, 2.24) is 15.6 Å². The van der Waals surface area contributed by atoms with Crippen molar-refractivity contribution in [3.05, 3.63) is 72.2 Å². The molecule has 1 atom stereocenters. The van der Waals surface area contributed by atoms with Gasteiger partial charge < -0.3 is 20.0 Å². The van der Waals surface area contributed by atoms with E-state index < -0.39 is 0 Å². The summed E-state index contributed by atoms with van der Waals surface area (Å²) in [7, 11) is 1.70. The predicted octanol–water partition coefficient (Wildman–Crippen LogP) is 3.12. The number of rotatable bonds is 5. The Kier molecular flexibility index (Phi) is 5.79. The highest BCUT2D eigenvalue weighted by Gasteiger charge is 2.31. The van der Waals surface area contributed by atoms with Crippen LogP contribution < -0.4 is 15.5 Å². The first-order valence-corrected chi connectivity index (χ1v) is 9.96. The van der Waals surface area contributed by atoms with Crippen LogP contribution in [0.4, 0.5) is 5.69 Å². The molecule has 1 aliphatic rings. The van der Waals surface area contributed by atoms with Gasteiger partial charge >= 0.3 is 0 Å². The minimum absolute atomic E-state index is 0.0171. The fourth-order valence-corrected chi connectivity index (χ4v) is 3.45. The lowest BCUT2D eigenvalue weighted by atomic mass is 10.1. The molecule has 7 nitrogen and oxygen atoms in total. The maximum atomic E-state index is 12.4. The Balaban J connectivity index is 1.33. The fraction of sp³-hybridized carbons (Fsp3) is 0.261. The number of hydrogen-bond donors (Lipinski definition) is 2. The summed E-state index contributed by atoms with van der Waals surface area (Å²) in [6, 6.07) is 17.8. The number of amides is 1. The molecule has 7 heteroatoms. The second-order valence-corrected chi connectivity index (χ2v) is 7.30. The van der Waals surface area contributed by atoms with Crippen molar-refractivity contribution in [2.24, 2.45) is 4.99 Å². The van der Waals surface area contributed by atoms with Crippen molar-refractivity contribution in [2.45, 2.75) is 25.9 Å². The summed E-state index contributed by atoms with van der Waals surface area (Å²) in [5, 5.41) is 6.53. The second kappa shape index (κ2) is 8.82. The zero-order valence-corrected chi connectivity index (χ0v) is 17.1. The number of aliphatic imine (C=N–C) groups is 1. The average Bonchev–Trinajstić information content (AvgIpc) is 3.39. The smallest absolute Gasteiger partial charge is 0.229 e. The van der Waals surface area contributed by atoms with Crippen LogP contribution in [0.3, 0.4) is 0 Å². The Morgan fingerprint density at radius 2 is 1.97 bits per heavy atom. The summed E-state index contributed by atoms with van der Waals surface area (Å²) in [6.45, 7) is 3.05. The number of hydrogen-bond acceptors (Lipinski definition) is 4. The molecule has 1 amide bonds. The molecular weight excluding hydrogens is 378 g/mol. The van der Waals surface area contributed by atoms with Gasteiger partial charge in [-0.1, -0.05) is 48.0 Å². The fourth-order valence-electron chi connectivity index (χ4n) is 3.45. The van der Waals surface area contributed by atoms with Crippen LogP contribution in [0.1, 0.15) is 17.9 Å². The van der Waals surface area contributed by atoms with E-state index in [2.05, 4.69) is 27.5 Å². The topological polar surface area (TPSA) is 82.8 Å². The van der Waals surface area contributed by atoms with Crippen LogP contribution in [0.5, 0.6) is 0 Å². The van der Waals surface area contributed by atoms with Crippen molar-refractivity contribution in [3.63, 3.8) is 0 Å². The Bertz CT molecular complexity index is 1030. The quantitative estimate of drug-likeness (QED) is 0.505. The van der Waals surface area contributed by atoms with Gasteiger partial charge in [-0.25, -0.2) is 4.98 Å². The predicted molar refractivity (Wildman–Crippen MR) is 117 cm³/mol. The van der Waals surface area contributed by atoms with E-state index in [1.54, 1.807) is 18.1 Å². The average molecular weight is 403 g/mol. The van der Waals surface area contributed by atoms with Gasteiger partial charge in [-0.05, 0) is 19.1 Å². The van der Waals surface area contributed by atoms with Gasteiger partial charge in [0.1, 0.15) is 0 Å². The highest BCUT2D eigenvalue weighted by molar-refractivity contribution is 5.97. The first-order chi connectivity index (χ1) is 14.6. The summed E-state index contributed by atoms with van der Waals surface area (Å²) in [6.07, 6.45) is 2.15. The first-order valence-electron chi connectivity index (χ1n) is 9.96. The Morgan fingerprint density at radius 1 is 1.20 bits per heavy atom. The number of anilines is 1. The third-order valence-corrected chi connectivity index (χ3v) is 5.05. The van der Waals surface area contributed by atoms with E-state index in [1.165, 1.54) is 5.56 Å². The van der Waals surface area contributed by atoms with Gasteiger partial charge in [0.15, 0.2) is 11.7 Å². The number of nitrogens with one attached hydrogen (secondary N) is 2. The van der Waals surface area contributed by atoms with Crippen molar-refractivity contribution in [1.29, 1.82) is 0 Å². The molecule has 1 aliphatic heterocycles. The molecule has 2 aromatic carbocycles. The number of aryl methyl sites for hydroxylation is 1. The number of carbonyl (C=O) groups is 1. The van der Waals surface area contributed by atoms with E-state index in [0.717, 1.165) is 17.0 Å². The lowest BCUT2D eigenvalue weighted by Crippen LogP contribution is -2.44. The summed E-state index contributed by atoms with van der Waals surface area (Å²) < 4.78 is 5.85. The van der Waals surface area contributed by atoms with E-state index >= 15 is 0 Å². The standard InChI is InChI=1S/C23H25N5O2/c1-16-8-10-17(11-9-16)20-13-25-21(30-20)14-26-23(24-2)27-18-12-22(29)28(15-18)19-6-4-3-5-7-19/h3-11,13,18H,12,14-15H2,1-2H3,(H2,24,26,27). The number of guanidine groups is 1. The van der Waals surface area contributed by atoms with Crippen LogP contribution in [-0.2, 0) is 11.3 Å². The minimum Gasteiger partial charge on any atom is -0.439 e. The summed E-state index contributed by atoms with van der Waals surface area (Å²) in [5.41, 5.74) is 3.11. The summed E-state index contributed by atoms with van der Waals surface area (Å²) in [5.74, 6) is 2.01. The molecule has 0 spiro atoms. The maximum Gasteiger partial charge on any atom is 0.229 e. The van der Waals surface area contributed by atoms with Crippen LogP contribution in [0.25, 0.3) is 11.3 Å². The zero-order valence-electron chi connectivity index (χ0n) is 17.1. The van der Waals surface area contributed by atoms with Crippen LogP contribution in [0.15, 0.2) is 70.2 Å². The molecule has 0 aliphatic carbocycles. The molecule has 1 saturated heterocycles. The summed E-state index contributed by atoms with van der Waals surface area (Å²) in [4.78, 5) is 22.8. The summed E-state index contributed by atoms with van der Waals surface area (Å²) >= 11 is 0. The monoisotopic (exact) mass is 403 g/mol. The van der Waals surface area contributed by atoms with Crippen molar-refractivity contribution in [3.8, 4) is 11.3 Å². The van der Waals surface area contributed by atoms with E-state index in [1.807, 2.05) is 54.6 Å². The number of aromatic nitrogens is 1. The first kappa shape index (κ1) is 19.7. The van der Waals surface area contributed by atoms with E-state index in [4.69, 9.17) is 4.42 Å². The van der Waals surface area contributed by atoms with E-state index in [9.17, 15) is 4.79 Å². The third kappa shape index (κ3) is 4.51. The Morgan fingerprint density at radius 3 is 2.70 bits per heavy atom. The largest absolute Gasteiger partial charge is 0.439 e. The van der Waals surface area contributed by atoms with Gasteiger partial charge in [-0.15, -0.1) is 0 Å². The Hall–Kier alpha value is -3.61. The van der Waals surface area contributed by atoms with Gasteiger partial charge in [-0.2, -0.15) is 0 Å². The van der Waals surface area contributed by atoms with Crippen molar-refractivity contribution < 1.29 is 9.21 Å². The van der Waals surface area contributed by atoms with Gasteiger partial charge in [0, 0.05) is 31.3 Å². The van der Waals surface area contributed by atoms with Gasteiger partial charge in [-0.3, -0.25) is 9.79 Å². The molecule has 1 fully saturated rings. The van der Waals surface area contributed by atoms with Gasteiger partial charge in [0.25, 0.3) is 0 Å². The molecule has 2 N–H and O–H groups in total. The van der Waals surface area contributed by atoms with Crippen LogP contribution in [-0.4, -0.2) is 36.5 Å². The second-order valence-electron chi connectivity index (χ2n) is 7.30. The number of benzene rings is 2. The zero-order chi connectivity index (χ0) is 20.9. The van der Waals surface area contributed by atoms with E-state index in [-0.39, 0.29) is 11.9 Å². The Labute approximate surface area is 175 Å². The van der Waals surface area contributed by atoms with Crippen molar-refractivity contribution >= 4 is 17.6 Å². The van der Waals surface area contributed by atoms with Crippen LogP contribution in [0.2, 0.25) is 0 Å². The van der Waals surface area contributed by atoms with Crippen LogP contribution >= 0.6 is 0 Å². The molecule has 0 radical (unpaired) electrons. The van der Waals surface area contributed by atoms with Gasteiger partial charge in [0.2, 0.25) is 11.8 Å². The van der Waals surface area contributed by atoms with E-state index in [0.29, 0.717) is 31.4 Å². The molecule has 1 aromatic heterocycles. The molecule has 0 saturated carbocycles. The maximum absolute atomic E-state index is 12.4. The lowest BCUT2D eigenvalue weighted by Gasteiger charge is -2.18. The molecule has 4 rings (SSSR count).